The summed E-state index contributed by atoms with van der Waals surface area (Å²) in [5.74, 6) is 0.246. The Labute approximate surface area is 218 Å². The zero-order chi connectivity index (χ0) is 27.4. The third-order valence-corrected chi connectivity index (χ3v) is 6.35. The summed E-state index contributed by atoms with van der Waals surface area (Å²) in [7, 11) is 0. The summed E-state index contributed by atoms with van der Waals surface area (Å²) in [5.41, 5.74) is -0.0833. The molecule has 0 bridgehead atoms. The molecule has 3 atom stereocenters. The van der Waals surface area contributed by atoms with Crippen LogP contribution in [0.2, 0.25) is 0 Å². The summed E-state index contributed by atoms with van der Waals surface area (Å²) in [6.45, 7) is 16.6. The average Bonchev–Trinajstić information content (AvgIpc) is 2.78. The van der Waals surface area contributed by atoms with E-state index in [0.29, 0.717) is 19.6 Å². The number of nitrogens with one attached hydrogen (secondary N) is 2. The standard InChI is InChI=1S/C29H50N2O5/c1-9-10-16-29(7,8)26(33)30-18-25(32)24(31-27(34)36-28(4,5)6)17-23(21(2)3)20-35-19-22-14-12-11-13-15-22/h11-15,21,23-25,32H,9-10,16-20H2,1-8H3,(H,30,33)(H,31,34)/t23-,24+,25?/m1/s1. The molecule has 1 aromatic rings. The van der Waals surface area contributed by atoms with Gasteiger partial charge in [-0.05, 0) is 51.0 Å². The summed E-state index contributed by atoms with van der Waals surface area (Å²) in [5, 5.41) is 16.8. The highest BCUT2D eigenvalue weighted by Gasteiger charge is 2.31. The smallest absolute Gasteiger partial charge is 0.407 e. The van der Waals surface area contributed by atoms with Gasteiger partial charge < -0.3 is 25.2 Å². The number of carbonyl (C=O) groups excluding carboxylic acids is 2. The second-order valence-corrected chi connectivity index (χ2v) is 11.8. The molecule has 0 saturated heterocycles. The zero-order valence-corrected chi connectivity index (χ0v) is 23.7. The number of rotatable bonds is 15. The molecule has 206 valence electrons. The normalized spacial score (nSPS) is 14.7. The molecule has 0 aliphatic heterocycles. The van der Waals surface area contributed by atoms with Gasteiger partial charge in [0.15, 0.2) is 0 Å². The molecule has 0 spiro atoms. The first-order valence-electron chi connectivity index (χ1n) is 13.3. The number of alkyl carbamates (subject to hydrolysis) is 1. The summed E-state index contributed by atoms with van der Waals surface area (Å²) in [4.78, 5) is 25.3. The van der Waals surface area contributed by atoms with Crippen LogP contribution in [0.25, 0.3) is 0 Å². The molecule has 0 heterocycles. The van der Waals surface area contributed by atoms with Crippen molar-refractivity contribution >= 4 is 12.0 Å². The number of aliphatic hydroxyl groups excluding tert-OH is 1. The molecule has 0 radical (unpaired) electrons. The highest BCUT2D eigenvalue weighted by atomic mass is 16.6. The first kappa shape index (κ1) is 31.9. The molecule has 1 aromatic carbocycles. The molecule has 0 aromatic heterocycles. The van der Waals surface area contributed by atoms with Crippen molar-refractivity contribution in [3.63, 3.8) is 0 Å². The summed E-state index contributed by atoms with van der Waals surface area (Å²) in [6.07, 6.45) is 1.68. The molecular weight excluding hydrogens is 456 g/mol. The molecule has 7 heteroatoms. The highest BCUT2D eigenvalue weighted by molar-refractivity contribution is 5.81. The van der Waals surface area contributed by atoms with Crippen LogP contribution in [0.3, 0.4) is 0 Å². The van der Waals surface area contributed by atoms with Gasteiger partial charge in [-0.2, -0.15) is 0 Å². The highest BCUT2D eigenvalue weighted by Crippen LogP contribution is 2.24. The minimum atomic E-state index is -0.973. The number of benzene rings is 1. The molecule has 0 aliphatic rings. The second-order valence-electron chi connectivity index (χ2n) is 11.8. The molecule has 3 N–H and O–H groups in total. The molecular formula is C29H50N2O5. The summed E-state index contributed by atoms with van der Waals surface area (Å²) >= 11 is 0. The summed E-state index contributed by atoms with van der Waals surface area (Å²) in [6, 6.07) is 9.36. The van der Waals surface area contributed by atoms with Crippen molar-refractivity contribution in [1.29, 1.82) is 0 Å². The number of carbonyl (C=O) groups is 2. The molecule has 7 nitrogen and oxygen atoms in total. The quantitative estimate of drug-likeness (QED) is 0.294. The van der Waals surface area contributed by atoms with Gasteiger partial charge in [0, 0.05) is 12.0 Å². The van der Waals surface area contributed by atoms with Gasteiger partial charge in [-0.3, -0.25) is 4.79 Å². The first-order valence-corrected chi connectivity index (χ1v) is 13.3. The van der Waals surface area contributed by atoms with Gasteiger partial charge in [0.25, 0.3) is 0 Å². The minimum absolute atomic E-state index is 0.0462. The lowest BCUT2D eigenvalue weighted by molar-refractivity contribution is -0.130. The van der Waals surface area contributed by atoms with Crippen LogP contribution in [-0.2, 0) is 20.9 Å². The van der Waals surface area contributed by atoms with Gasteiger partial charge in [0.05, 0.1) is 25.4 Å². The van der Waals surface area contributed by atoms with E-state index in [2.05, 4.69) is 31.4 Å². The molecule has 2 amide bonds. The fraction of sp³-hybridized carbons (Fsp3) is 0.724. The summed E-state index contributed by atoms with van der Waals surface area (Å²) < 4.78 is 11.4. The first-order chi connectivity index (χ1) is 16.7. The molecule has 1 unspecified atom stereocenters. The van der Waals surface area contributed by atoms with Crippen LogP contribution >= 0.6 is 0 Å². The molecule has 36 heavy (non-hydrogen) atoms. The van der Waals surface area contributed by atoms with Crippen LogP contribution in [-0.4, -0.2) is 48.0 Å². The van der Waals surface area contributed by atoms with Crippen LogP contribution in [0.15, 0.2) is 30.3 Å². The predicted molar refractivity (Wildman–Crippen MR) is 145 cm³/mol. The second kappa shape index (κ2) is 15.2. The Morgan fingerprint density at radius 2 is 1.69 bits per heavy atom. The molecule has 0 aliphatic carbocycles. The average molecular weight is 507 g/mol. The zero-order valence-electron chi connectivity index (χ0n) is 23.7. The topological polar surface area (TPSA) is 96.9 Å². The Hall–Kier alpha value is -2.12. The van der Waals surface area contributed by atoms with Crippen LogP contribution in [0.5, 0.6) is 0 Å². The van der Waals surface area contributed by atoms with Crippen molar-refractivity contribution in [2.24, 2.45) is 17.3 Å². The van der Waals surface area contributed by atoms with Gasteiger partial charge in [-0.15, -0.1) is 0 Å². The van der Waals surface area contributed by atoms with Crippen molar-refractivity contribution in [3.8, 4) is 0 Å². The van der Waals surface area contributed by atoms with Gasteiger partial charge >= 0.3 is 6.09 Å². The van der Waals surface area contributed by atoms with E-state index in [9.17, 15) is 14.7 Å². The maximum absolute atomic E-state index is 12.8. The van der Waals surface area contributed by atoms with E-state index in [1.54, 1.807) is 20.8 Å². The van der Waals surface area contributed by atoms with E-state index in [4.69, 9.17) is 9.47 Å². The van der Waals surface area contributed by atoms with E-state index in [1.165, 1.54) is 0 Å². The van der Waals surface area contributed by atoms with Crippen LogP contribution in [0.1, 0.15) is 86.6 Å². The van der Waals surface area contributed by atoms with E-state index < -0.39 is 29.3 Å². The Morgan fingerprint density at radius 1 is 1.06 bits per heavy atom. The maximum Gasteiger partial charge on any atom is 0.407 e. The third-order valence-electron chi connectivity index (χ3n) is 6.35. The van der Waals surface area contributed by atoms with E-state index in [0.717, 1.165) is 24.8 Å². The van der Waals surface area contributed by atoms with Gasteiger partial charge in [0.2, 0.25) is 5.91 Å². The van der Waals surface area contributed by atoms with Crippen LogP contribution in [0, 0.1) is 17.3 Å². The SMILES string of the molecule is CCCCC(C)(C)C(=O)NCC(O)[C@H](C[C@H](COCc1ccccc1)C(C)C)NC(=O)OC(C)(C)C. The largest absolute Gasteiger partial charge is 0.444 e. The molecule has 0 fully saturated rings. The van der Waals surface area contributed by atoms with Gasteiger partial charge in [-0.1, -0.05) is 77.8 Å². The van der Waals surface area contributed by atoms with E-state index >= 15 is 0 Å². The van der Waals surface area contributed by atoms with Crippen molar-refractivity contribution in [1.82, 2.24) is 10.6 Å². The fourth-order valence-electron chi connectivity index (χ4n) is 3.84. The van der Waals surface area contributed by atoms with Crippen LogP contribution < -0.4 is 10.6 Å². The Bertz CT molecular complexity index is 774. The van der Waals surface area contributed by atoms with Crippen molar-refractivity contribution in [3.05, 3.63) is 35.9 Å². The van der Waals surface area contributed by atoms with Crippen LogP contribution in [0.4, 0.5) is 4.79 Å². The molecule has 0 saturated carbocycles. The lowest BCUT2D eigenvalue weighted by Crippen LogP contribution is -2.52. The Kier molecular flexibility index (Phi) is 13.5. The number of unbranched alkanes of at least 4 members (excludes halogenated alkanes) is 1. The lowest BCUT2D eigenvalue weighted by Gasteiger charge is -2.32. The number of hydrogen-bond donors (Lipinski definition) is 3. The van der Waals surface area contributed by atoms with Crippen molar-refractivity contribution < 1.29 is 24.2 Å². The van der Waals surface area contributed by atoms with Crippen molar-refractivity contribution in [2.45, 2.75) is 105 Å². The third kappa shape index (κ3) is 12.7. The number of hydrogen-bond acceptors (Lipinski definition) is 5. The minimum Gasteiger partial charge on any atom is -0.444 e. The number of amides is 2. The predicted octanol–water partition coefficient (Wildman–Crippen LogP) is 5.45. The maximum atomic E-state index is 12.8. The fourth-order valence-corrected chi connectivity index (χ4v) is 3.84. The number of ether oxygens (including phenoxy) is 2. The van der Waals surface area contributed by atoms with Gasteiger partial charge in [-0.25, -0.2) is 4.79 Å². The van der Waals surface area contributed by atoms with Gasteiger partial charge in [0.1, 0.15) is 5.60 Å². The van der Waals surface area contributed by atoms with E-state index in [1.807, 2.05) is 44.2 Å². The monoisotopic (exact) mass is 506 g/mol. The Morgan fingerprint density at radius 3 is 2.25 bits per heavy atom. The molecule has 1 rings (SSSR count). The Balaban J connectivity index is 2.86. The number of aliphatic hydroxyl groups is 1. The van der Waals surface area contributed by atoms with E-state index in [-0.39, 0.29) is 24.3 Å². The lowest BCUT2D eigenvalue weighted by atomic mass is 9.86. The van der Waals surface area contributed by atoms with Crippen molar-refractivity contribution in [2.75, 3.05) is 13.2 Å².